The van der Waals surface area contributed by atoms with Crippen molar-refractivity contribution in [2.75, 3.05) is 13.7 Å². The first-order valence-corrected chi connectivity index (χ1v) is 5.96. The van der Waals surface area contributed by atoms with Gasteiger partial charge in [-0.15, -0.1) is 0 Å². The normalized spacial score (nSPS) is 10.3. The lowest BCUT2D eigenvalue weighted by Gasteiger charge is -2.11. The lowest BCUT2D eigenvalue weighted by molar-refractivity contribution is -0.139. The van der Waals surface area contributed by atoms with Crippen LogP contribution in [0.15, 0.2) is 36.4 Å². The van der Waals surface area contributed by atoms with Crippen molar-refractivity contribution in [1.29, 1.82) is 0 Å². The quantitative estimate of drug-likeness (QED) is 0.776. The first-order chi connectivity index (χ1) is 8.76. The molecule has 3 heteroatoms. The first kappa shape index (κ1) is 12.4. The summed E-state index contributed by atoms with van der Waals surface area (Å²) in [6.07, 6.45) is 0.281. The summed E-state index contributed by atoms with van der Waals surface area (Å²) in [4.78, 5) is 11.4. The second kappa shape index (κ2) is 5.54. The summed E-state index contributed by atoms with van der Waals surface area (Å²) < 4.78 is 10.3. The fraction of sp³-hybridized carbons (Fsp3) is 0.267. The van der Waals surface area contributed by atoms with Gasteiger partial charge in [-0.3, -0.25) is 4.79 Å². The maximum absolute atomic E-state index is 11.4. The van der Waals surface area contributed by atoms with Gasteiger partial charge in [-0.25, -0.2) is 0 Å². The number of carbonyl (C=O) groups is 1. The second-order valence-electron chi connectivity index (χ2n) is 3.95. The highest BCUT2D eigenvalue weighted by Crippen LogP contribution is 2.28. The van der Waals surface area contributed by atoms with Crippen LogP contribution in [0.25, 0.3) is 10.8 Å². The summed E-state index contributed by atoms with van der Waals surface area (Å²) in [5.41, 5.74) is 0.959. The molecule has 0 spiro atoms. The third kappa shape index (κ3) is 2.45. The van der Waals surface area contributed by atoms with Crippen LogP contribution in [0.4, 0.5) is 0 Å². The van der Waals surface area contributed by atoms with Gasteiger partial charge in [0.05, 0.1) is 20.1 Å². The Morgan fingerprint density at radius 2 is 1.83 bits per heavy atom. The van der Waals surface area contributed by atoms with Crippen molar-refractivity contribution in [1.82, 2.24) is 0 Å². The van der Waals surface area contributed by atoms with Crippen LogP contribution in [0, 0.1) is 0 Å². The van der Waals surface area contributed by atoms with Gasteiger partial charge in [0, 0.05) is 5.39 Å². The molecule has 0 radical (unpaired) electrons. The topological polar surface area (TPSA) is 35.5 Å². The molecule has 0 aromatic heterocycles. The molecule has 0 aliphatic rings. The van der Waals surface area contributed by atoms with Crippen molar-refractivity contribution in [2.24, 2.45) is 0 Å². The Morgan fingerprint density at radius 1 is 1.11 bits per heavy atom. The maximum atomic E-state index is 11.4. The molecule has 0 aliphatic heterocycles. The van der Waals surface area contributed by atoms with Crippen LogP contribution in [0.2, 0.25) is 0 Å². The summed E-state index contributed by atoms with van der Waals surface area (Å²) in [5, 5.41) is 2.06. The summed E-state index contributed by atoms with van der Waals surface area (Å²) in [7, 11) is 1.40. The van der Waals surface area contributed by atoms with E-state index in [0.29, 0.717) is 6.61 Å². The average Bonchev–Trinajstić information content (AvgIpc) is 2.41. The average molecular weight is 244 g/mol. The lowest BCUT2D eigenvalue weighted by Crippen LogP contribution is -2.05. The molecule has 0 atom stereocenters. The van der Waals surface area contributed by atoms with Crippen molar-refractivity contribution < 1.29 is 14.3 Å². The van der Waals surface area contributed by atoms with E-state index in [1.807, 2.05) is 43.3 Å². The molecule has 2 aromatic rings. The third-order valence-corrected chi connectivity index (χ3v) is 2.84. The zero-order valence-electron chi connectivity index (χ0n) is 10.6. The number of fused-ring (bicyclic) bond motifs is 1. The van der Waals surface area contributed by atoms with E-state index in [-0.39, 0.29) is 12.4 Å². The molecule has 3 nitrogen and oxygen atoms in total. The van der Waals surface area contributed by atoms with Gasteiger partial charge in [-0.1, -0.05) is 30.3 Å². The Balaban J connectivity index is 2.50. The highest BCUT2D eigenvalue weighted by Gasteiger charge is 2.09. The van der Waals surface area contributed by atoms with Gasteiger partial charge in [0.15, 0.2) is 0 Å². The van der Waals surface area contributed by atoms with E-state index in [2.05, 4.69) is 0 Å². The van der Waals surface area contributed by atoms with Gasteiger partial charge in [-0.2, -0.15) is 0 Å². The molecule has 18 heavy (non-hydrogen) atoms. The van der Waals surface area contributed by atoms with Gasteiger partial charge >= 0.3 is 5.97 Å². The van der Waals surface area contributed by atoms with Crippen molar-refractivity contribution in [2.45, 2.75) is 13.3 Å². The molecule has 0 saturated carbocycles. The standard InChI is InChI=1S/C15H16O3/c1-3-18-14-9-8-11(10-15(16)17-2)12-6-4-5-7-13(12)14/h4-9H,3,10H2,1-2H3. The molecule has 0 heterocycles. The smallest absolute Gasteiger partial charge is 0.309 e. The fourth-order valence-electron chi connectivity index (χ4n) is 2.00. The molecule has 0 N–H and O–H groups in total. The third-order valence-electron chi connectivity index (χ3n) is 2.84. The van der Waals surface area contributed by atoms with Crippen molar-refractivity contribution in [3.8, 4) is 5.75 Å². The number of methoxy groups -OCH3 is 1. The Labute approximate surface area is 106 Å². The van der Waals surface area contributed by atoms with E-state index < -0.39 is 0 Å². The SMILES string of the molecule is CCOc1ccc(CC(=O)OC)c2ccccc12. The molecule has 2 aromatic carbocycles. The van der Waals surface area contributed by atoms with Crippen LogP contribution in [0.1, 0.15) is 12.5 Å². The number of hydrogen-bond acceptors (Lipinski definition) is 3. The fourth-order valence-corrected chi connectivity index (χ4v) is 2.00. The molecular formula is C15H16O3. The Kier molecular flexibility index (Phi) is 3.82. The van der Waals surface area contributed by atoms with Gasteiger partial charge in [0.25, 0.3) is 0 Å². The van der Waals surface area contributed by atoms with Crippen molar-refractivity contribution in [3.63, 3.8) is 0 Å². The monoisotopic (exact) mass is 244 g/mol. The van der Waals surface area contributed by atoms with Gasteiger partial charge in [-0.05, 0) is 23.9 Å². The van der Waals surface area contributed by atoms with E-state index in [9.17, 15) is 4.79 Å². The van der Waals surface area contributed by atoms with Crippen molar-refractivity contribution in [3.05, 3.63) is 42.0 Å². The van der Waals surface area contributed by atoms with E-state index in [1.54, 1.807) is 0 Å². The van der Waals surface area contributed by atoms with Crippen molar-refractivity contribution >= 4 is 16.7 Å². The van der Waals surface area contributed by atoms with E-state index in [4.69, 9.17) is 9.47 Å². The van der Waals surface area contributed by atoms with Crippen LogP contribution in [0.5, 0.6) is 5.75 Å². The summed E-state index contributed by atoms with van der Waals surface area (Å²) in [6, 6.07) is 11.7. The minimum Gasteiger partial charge on any atom is -0.493 e. The number of carbonyl (C=O) groups excluding carboxylic acids is 1. The Bertz CT molecular complexity index is 561. The second-order valence-corrected chi connectivity index (χ2v) is 3.95. The lowest BCUT2D eigenvalue weighted by atomic mass is 10.0. The maximum Gasteiger partial charge on any atom is 0.309 e. The molecule has 0 fully saturated rings. The molecule has 0 unspecified atom stereocenters. The molecule has 0 saturated heterocycles. The predicted molar refractivity (Wildman–Crippen MR) is 70.8 cm³/mol. The predicted octanol–water partition coefficient (Wildman–Crippen LogP) is 2.95. The number of ether oxygens (including phenoxy) is 2. The zero-order valence-corrected chi connectivity index (χ0v) is 10.6. The number of benzene rings is 2. The van der Waals surface area contributed by atoms with Gasteiger partial charge in [0.2, 0.25) is 0 Å². The van der Waals surface area contributed by atoms with Crippen LogP contribution in [-0.2, 0) is 16.0 Å². The zero-order chi connectivity index (χ0) is 13.0. The molecule has 94 valence electrons. The minimum absolute atomic E-state index is 0.232. The van der Waals surface area contributed by atoms with Crippen LogP contribution < -0.4 is 4.74 Å². The van der Waals surface area contributed by atoms with Crippen LogP contribution >= 0.6 is 0 Å². The van der Waals surface area contributed by atoms with E-state index >= 15 is 0 Å². The van der Waals surface area contributed by atoms with E-state index in [1.165, 1.54) is 7.11 Å². The number of esters is 1. The molecule has 0 bridgehead atoms. The van der Waals surface area contributed by atoms with Gasteiger partial charge in [0.1, 0.15) is 5.75 Å². The Hall–Kier alpha value is -2.03. The summed E-state index contributed by atoms with van der Waals surface area (Å²) in [5.74, 6) is 0.617. The molecule has 0 aliphatic carbocycles. The molecule has 2 rings (SSSR count). The summed E-state index contributed by atoms with van der Waals surface area (Å²) >= 11 is 0. The van der Waals surface area contributed by atoms with Crippen LogP contribution in [-0.4, -0.2) is 19.7 Å². The van der Waals surface area contributed by atoms with Gasteiger partial charge < -0.3 is 9.47 Å². The molecule has 0 amide bonds. The Morgan fingerprint density at radius 3 is 2.50 bits per heavy atom. The van der Waals surface area contributed by atoms with E-state index in [0.717, 1.165) is 22.1 Å². The first-order valence-electron chi connectivity index (χ1n) is 5.96. The minimum atomic E-state index is -0.232. The molecular weight excluding hydrogens is 228 g/mol. The largest absolute Gasteiger partial charge is 0.493 e. The van der Waals surface area contributed by atoms with Crippen LogP contribution in [0.3, 0.4) is 0 Å². The number of rotatable bonds is 4. The highest BCUT2D eigenvalue weighted by atomic mass is 16.5. The number of hydrogen-bond donors (Lipinski definition) is 0. The highest BCUT2D eigenvalue weighted by molar-refractivity contribution is 5.93. The summed E-state index contributed by atoms with van der Waals surface area (Å²) in [6.45, 7) is 2.58.